The van der Waals surface area contributed by atoms with Crippen LogP contribution in [-0.4, -0.2) is 40.8 Å². The van der Waals surface area contributed by atoms with Crippen molar-refractivity contribution in [3.8, 4) is 5.88 Å². The van der Waals surface area contributed by atoms with E-state index in [2.05, 4.69) is 15.0 Å². The summed E-state index contributed by atoms with van der Waals surface area (Å²) in [5.74, 6) is -2.36. The second kappa shape index (κ2) is 6.22. The van der Waals surface area contributed by atoms with Gasteiger partial charge in [0.05, 0.1) is 0 Å². The van der Waals surface area contributed by atoms with Crippen LogP contribution in [0.25, 0.3) is 0 Å². The van der Waals surface area contributed by atoms with Crippen LogP contribution >= 0.6 is 0 Å². The predicted octanol–water partition coefficient (Wildman–Crippen LogP) is 1.23. The third-order valence-electron chi connectivity index (χ3n) is 2.10. The van der Waals surface area contributed by atoms with Gasteiger partial charge < -0.3 is 15.2 Å². The summed E-state index contributed by atoms with van der Waals surface area (Å²) in [6.45, 7) is -0.279. The van der Waals surface area contributed by atoms with E-state index in [1.165, 1.54) is 13.0 Å². The number of aromatic nitrogens is 1. The minimum atomic E-state index is -4.52. The van der Waals surface area contributed by atoms with Gasteiger partial charge in [0.15, 0.2) is 6.61 Å². The summed E-state index contributed by atoms with van der Waals surface area (Å²) in [6.07, 6.45) is -3.43. The molecule has 0 aliphatic carbocycles. The van der Waals surface area contributed by atoms with Crippen molar-refractivity contribution < 1.29 is 32.6 Å². The molecule has 0 saturated heterocycles. The van der Waals surface area contributed by atoms with Crippen molar-refractivity contribution in [2.24, 2.45) is 0 Å². The number of carbonyl (C=O) groups is 2. The molecule has 1 aromatic heterocycles. The highest BCUT2D eigenvalue weighted by Crippen LogP contribution is 2.17. The van der Waals surface area contributed by atoms with Crippen LogP contribution in [0.5, 0.6) is 5.88 Å². The Kier molecular flexibility index (Phi) is 4.89. The third-order valence-corrected chi connectivity index (χ3v) is 2.10. The Morgan fingerprint density at radius 3 is 2.70 bits per heavy atom. The molecule has 1 rings (SSSR count). The van der Waals surface area contributed by atoms with Gasteiger partial charge in [-0.2, -0.15) is 13.2 Å². The molecule has 0 aromatic carbocycles. The van der Waals surface area contributed by atoms with Gasteiger partial charge in [-0.25, -0.2) is 4.98 Å². The van der Waals surface area contributed by atoms with Crippen molar-refractivity contribution in [2.45, 2.75) is 19.1 Å². The lowest BCUT2D eigenvalue weighted by Gasteiger charge is -2.11. The molecule has 0 radical (unpaired) electrons. The Balaban J connectivity index is 2.72. The molecular formula is C11H11F3N2O4. The minimum Gasteiger partial charge on any atom is -0.480 e. The lowest BCUT2D eigenvalue weighted by Crippen LogP contribution is -2.38. The zero-order valence-electron chi connectivity index (χ0n) is 10.3. The molecule has 0 bridgehead atoms. The smallest absolute Gasteiger partial charge is 0.422 e. The van der Waals surface area contributed by atoms with Crippen LogP contribution < -0.4 is 10.1 Å². The first-order valence-electron chi connectivity index (χ1n) is 5.38. The topological polar surface area (TPSA) is 88.5 Å². The molecule has 20 heavy (non-hydrogen) atoms. The van der Waals surface area contributed by atoms with Crippen molar-refractivity contribution in [3.05, 3.63) is 23.9 Å². The minimum absolute atomic E-state index is 0.0507. The monoisotopic (exact) mass is 292 g/mol. The number of pyridine rings is 1. The quantitative estimate of drug-likeness (QED) is 0.852. The number of rotatable bonds is 5. The first kappa shape index (κ1) is 15.7. The number of hydrogen-bond donors (Lipinski definition) is 2. The van der Waals surface area contributed by atoms with Crippen LogP contribution in [0.3, 0.4) is 0 Å². The number of amides is 1. The third kappa shape index (κ3) is 5.12. The standard InChI is InChI=1S/C11H11F3N2O4/c1-6(10(18)19)16-9(17)7-2-3-15-8(4-7)20-5-11(12,13)14/h2-4,6H,5H2,1H3,(H,16,17)(H,18,19)/t6-/m1/s1. The van der Waals surface area contributed by atoms with E-state index in [0.29, 0.717) is 0 Å². The zero-order valence-corrected chi connectivity index (χ0v) is 10.3. The lowest BCUT2D eigenvalue weighted by molar-refractivity contribution is -0.154. The number of carboxylic acid groups (broad SMARTS) is 1. The van der Waals surface area contributed by atoms with Crippen LogP contribution in [0.4, 0.5) is 13.2 Å². The number of carbonyl (C=O) groups excluding carboxylic acids is 1. The van der Waals surface area contributed by atoms with Crippen molar-refractivity contribution >= 4 is 11.9 Å². The van der Waals surface area contributed by atoms with E-state index in [4.69, 9.17) is 5.11 Å². The fourth-order valence-electron chi connectivity index (χ4n) is 1.13. The average Bonchev–Trinajstić information content (AvgIpc) is 2.35. The zero-order chi connectivity index (χ0) is 15.3. The van der Waals surface area contributed by atoms with Gasteiger partial charge in [0, 0.05) is 17.8 Å². The second-order valence-corrected chi connectivity index (χ2v) is 3.82. The van der Waals surface area contributed by atoms with Crippen molar-refractivity contribution in [1.29, 1.82) is 0 Å². The van der Waals surface area contributed by atoms with Gasteiger partial charge in [0.25, 0.3) is 5.91 Å². The maximum absolute atomic E-state index is 12.0. The molecule has 0 aliphatic rings. The van der Waals surface area contributed by atoms with E-state index >= 15 is 0 Å². The van der Waals surface area contributed by atoms with Gasteiger partial charge in [-0.3, -0.25) is 9.59 Å². The summed E-state index contributed by atoms with van der Waals surface area (Å²) < 4.78 is 40.3. The summed E-state index contributed by atoms with van der Waals surface area (Å²) in [7, 11) is 0. The molecule has 0 saturated carbocycles. The van der Waals surface area contributed by atoms with Crippen LogP contribution in [0, 0.1) is 0 Å². The highest BCUT2D eigenvalue weighted by atomic mass is 19.4. The molecule has 1 heterocycles. The lowest BCUT2D eigenvalue weighted by atomic mass is 10.2. The van der Waals surface area contributed by atoms with Gasteiger partial charge >= 0.3 is 12.1 Å². The maximum Gasteiger partial charge on any atom is 0.422 e. The van der Waals surface area contributed by atoms with E-state index in [0.717, 1.165) is 12.3 Å². The van der Waals surface area contributed by atoms with Gasteiger partial charge in [0.2, 0.25) is 5.88 Å². The van der Waals surface area contributed by atoms with E-state index in [9.17, 15) is 22.8 Å². The molecule has 1 amide bonds. The molecule has 6 nitrogen and oxygen atoms in total. The molecular weight excluding hydrogens is 281 g/mol. The molecule has 0 aliphatic heterocycles. The highest BCUT2D eigenvalue weighted by Gasteiger charge is 2.28. The number of aliphatic carboxylic acids is 1. The number of ether oxygens (including phenoxy) is 1. The summed E-state index contributed by atoms with van der Waals surface area (Å²) in [4.78, 5) is 25.7. The first-order chi connectivity index (χ1) is 9.19. The fourth-order valence-corrected chi connectivity index (χ4v) is 1.13. The molecule has 2 N–H and O–H groups in total. The number of nitrogens with zero attached hydrogens (tertiary/aromatic N) is 1. The molecule has 9 heteroatoms. The number of hydrogen-bond acceptors (Lipinski definition) is 4. The Morgan fingerprint density at radius 1 is 1.50 bits per heavy atom. The van der Waals surface area contributed by atoms with E-state index in [1.807, 2.05) is 0 Å². The van der Waals surface area contributed by atoms with E-state index in [1.54, 1.807) is 0 Å². The van der Waals surface area contributed by atoms with Crippen molar-refractivity contribution in [3.63, 3.8) is 0 Å². The SMILES string of the molecule is C[C@@H](NC(=O)c1ccnc(OCC(F)(F)F)c1)C(=O)O. The summed E-state index contributed by atoms with van der Waals surface area (Å²) >= 11 is 0. The summed E-state index contributed by atoms with van der Waals surface area (Å²) in [5, 5.41) is 10.8. The molecule has 0 spiro atoms. The normalized spacial score (nSPS) is 12.6. The Labute approximate surface area is 111 Å². The van der Waals surface area contributed by atoms with Crippen LogP contribution in [0.15, 0.2) is 18.3 Å². The van der Waals surface area contributed by atoms with Crippen molar-refractivity contribution in [2.75, 3.05) is 6.61 Å². The van der Waals surface area contributed by atoms with Gasteiger partial charge in [-0.05, 0) is 13.0 Å². The fraction of sp³-hybridized carbons (Fsp3) is 0.364. The predicted molar refractivity (Wildman–Crippen MR) is 60.4 cm³/mol. The molecule has 1 aromatic rings. The second-order valence-electron chi connectivity index (χ2n) is 3.82. The number of carboxylic acids is 1. The Morgan fingerprint density at radius 2 is 2.15 bits per heavy atom. The van der Waals surface area contributed by atoms with Crippen molar-refractivity contribution in [1.82, 2.24) is 10.3 Å². The maximum atomic E-state index is 12.0. The average molecular weight is 292 g/mol. The molecule has 0 fully saturated rings. The molecule has 0 unspecified atom stereocenters. The van der Waals surface area contributed by atoms with Crippen LogP contribution in [-0.2, 0) is 4.79 Å². The first-order valence-corrected chi connectivity index (χ1v) is 5.38. The van der Waals surface area contributed by atoms with E-state index in [-0.39, 0.29) is 11.4 Å². The summed E-state index contributed by atoms with van der Waals surface area (Å²) in [5.41, 5.74) is -0.0507. The van der Waals surface area contributed by atoms with Crippen LogP contribution in [0.2, 0.25) is 0 Å². The Bertz CT molecular complexity index is 505. The number of alkyl halides is 3. The molecule has 1 atom stereocenters. The molecule has 110 valence electrons. The Hall–Kier alpha value is -2.32. The highest BCUT2D eigenvalue weighted by molar-refractivity contribution is 5.96. The van der Waals surface area contributed by atoms with E-state index < -0.39 is 30.7 Å². The number of halogens is 3. The van der Waals surface area contributed by atoms with Gasteiger partial charge in [-0.1, -0.05) is 0 Å². The van der Waals surface area contributed by atoms with Gasteiger partial charge in [0.1, 0.15) is 6.04 Å². The van der Waals surface area contributed by atoms with Crippen LogP contribution in [0.1, 0.15) is 17.3 Å². The number of nitrogens with one attached hydrogen (secondary N) is 1. The summed E-state index contributed by atoms with van der Waals surface area (Å²) in [6, 6.07) is 1.09. The van der Waals surface area contributed by atoms with Gasteiger partial charge in [-0.15, -0.1) is 0 Å². The largest absolute Gasteiger partial charge is 0.480 e.